The summed E-state index contributed by atoms with van der Waals surface area (Å²) in [4.78, 5) is 16.9. The van der Waals surface area contributed by atoms with E-state index in [1.165, 1.54) is 6.20 Å². The molecule has 0 unspecified atom stereocenters. The molecular weight excluding hydrogens is 384 g/mol. The van der Waals surface area contributed by atoms with E-state index in [2.05, 4.69) is 10.3 Å². The highest BCUT2D eigenvalue weighted by atomic mass is 16.5. The van der Waals surface area contributed by atoms with Crippen molar-refractivity contribution in [3.05, 3.63) is 53.7 Å². The second kappa shape index (κ2) is 9.82. The van der Waals surface area contributed by atoms with Crippen LogP contribution in [0.5, 0.6) is 17.2 Å². The molecule has 0 aliphatic carbocycles. The van der Waals surface area contributed by atoms with E-state index in [-0.39, 0.29) is 0 Å². The van der Waals surface area contributed by atoms with Crippen LogP contribution in [0.4, 0.5) is 5.69 Å². The minimum absolute atomic E-state index is 0.292. The maximum Gasteiger partial charge on any atom is 0.341 e. The van der Waals surface area contributed by atoms with E-state index >= 15 is 0 Å². The number of hydrogen-bond donors (Lipinski definition) is 1. The van der Waals surface area contributed by atoms with Gasteiger partial charge in [0.1, 0.15) is 16.8 Å². The molecule has 1 aromatic heterocycles. The molecule has 3 rings (SSSR count). The summed E-state index contributed by atoms with van der Waals surface area (Å²) >= 11 is 0. The minimum atomic E-state index is -0.414. The van der Waals surface area contributed by atoms with Gasteiger partial charge in [0.05, 0.1) is 33.6 Å². The summed E-state index contributed by atoms with van der Waals surface area (Å²) in [6.45, 7) is 2.66. The Bertz CT molecular complexity index is 1040. The molecule has 0 saturated heterocycles. The van der Waals surface area contributed by atoms with Crippen LogP contribution in [-0.4, -0.2) is 45.4 Å². The van der Waals surface area contributed by atoms with Gasteiger partial charge in [0.25, 0.3) is 0 Å². The van der Waals surface area contributed by atoms with Crippen molar-refractivity contribution in [3.8, 4) is 17.2 Å². The van der Waals surface area contributed by atoms with Crippen LogP contribution in [0.3, 0.4) is 0 Å². The predicted molar refractivity (Wildman–Crippen MR) is 116 cm³/mol. The van der Waals surface area contributed by atoms with Crippen molar-refractivity contribution < 1.29 is 23.7 Å². The monoisotopic (exact) mass is 410 g/mol. The van der Waals surface area contributed by atoms with Crippen molar-refractivity contribution in [3.63, 3.8) is 0 Å². The van der Waals surface area contributed by atoms with Crippen molar-refractivity contribution >= 4 is 22.6 Å². The van der Waals surface area contributed by atoms with E-state index in [0.717, 1.165) is 17.4 Å². The number of carbonyl (C=O) groups excluding carboxylic acids is 1. The van der Waals surface area contributed by atoms with Gasteiger partial charge in [-0.1, -0.05) is 18.2 Å². The maximum absolute atomic E-state index is 12.5. The zero-order valence-corrected chi connectivity index (χ0v) is 17.7. The Kier molecular flexibility index (Phi) is 6.95. The summed E-state index contributed by atoms with van der Waals surface area (Å²) < 4.78 is 21.3. The molecule has 30 heavy (non-hydrogen) atoms. The van der Waals surface area contributed by atoms with Crippen LogP contribution in [0, 0.1) is 0 Å². The minimum Gasteiger partial charge on any atom is -0.494 e. The number of anilines is 1. The van der Waals surface area contributed by atoms with Gasteiger partial charge in [-0.05, 0) is 37.1 Å². The number of aromatic nitrogens is 1. The average Bonchev–Trinajstić information content (AvgIpc) is 2.78. The van der Waals surface area contributed by atoms with Crippen molar-refractivity contribution in [2.45, 2.75) is 13.3 Å². The molecule has 0 radical (unpaired) electrons. The number of rotatable bonds is 9. The third-order valence-electron chi connectivity index (χ3n) is 4.74. The smallest absolute Gasteiger partial charge is 0.341 e. The molecule has 2 aromatic carbocycles. The number of nitrogens with zero attached hydrogens (tertiary/aromatic N) is 1. The lowest BCUT2D eigenvalue weighted by molar-refractivity contribution is 0.0527. The molecule has 7 heteroatoms. The largest absolute Gasteiger partial charge is 0.494 e. The number of pyridine rings is 1. The molecule has 0 atom stereocenters. The number of methoxy groups -OCH3 is 3. The lowest BCUT2D eigenvalue weighted by atomic mass is 10.1. The van der Waals surface area contributed by atoms with Crippen LogP contribution in [-0.2, 0) is 11.2 Å². The average molecular weight is 410 g/mol. The van der Waals surface area contributed by atoms with E-state index in [1.54, 1.807) is 28.3 Å². The molecule has 158 valence electrons. The fourth-order valence-electron chi connectivity index (χ4n) is 3.28. The molecule has 1 N–H and O–H groups in total. The summed E-state index contributed by atoms with van der Waals surface area (Å²) in [5.74, 6) is 1.60. The van der Waals surface area contributed by atoms with E-state index in [4.69, 9.17) is 18.9 Å². The first-order valence-electron chi connectivity index (χ1n) is 9.70. The lowest BCUT2D eigenvalue weighted by Crippen LogP contribution is -2.13. The van der Waals surface area contributed by atoms with Gasteiger partial charge in [-0.25, -0.2) is 4.79 Å². The zero-order chi connectivity index (χ0) is 21.5. The lowest BCUT2D eigenvalue weighted by Gasteiger charge is -2.15. The summed E-state index contributed by atoms with van der Waals surface area (Å²) in [6, 6.07) is 11.4. The van der Waals surface area contributed by atoms with Gasteiger partial charge >= 0.3 is 5.97 Å². The van der Waals surface area contributed by atoms with Crippen LogP contribution < -0.4 is 19.5 Å². The first-order valence-corrected chi connectivity index (χ1v) is 9.70. The van der Waals surface area contributed by atoms with E-state index < -0.39 is 5.97 Å². The van der Waals surface area contributed by atoms with Gasteiger partial charge in [-0.2, -0.15) is 0 Å². The van der Waals surface area contributed by atoms with Crippen LogP contribution in [0.1, 0.15) is 22.8 Å². The Morgan fingerprint density at radius 3 is 2.47 bits per heavy atom. The number of para-hydroxylation sites is 1. The molecule has 0 fully saturated rings. The first-order chi connectivity index (χ1) is 14.6. The SMILES string of the molecule is CCOC(=O)c1cnc2c(OC)cccc2c1NCCc1ccc(OC)c(OC)c1. The number of hydrogen-bond acceptors (Lipinski definition) is 7. The maximum atomic E-state index is 12.5. The molecule has 3 aromatic rings. The van der Waals surface area contributed by atoms with Gasteiger partial charge in [-0.3, -0.25) is 4.98 Å². The Balaban J connectivity index is 1.90. The summed E-state index contributed by atoms with van der Waals surface area (Å²) in [5, 5.41) is 4.19. The summed E-state index contributed by atoms with van der Waals surface area (Å²) in [5.41, 5.74) is 2.83. The van der Waals surface area contributed by atoms with Gasteiger partial charge in [0.2, 0.25) is 0 Å². The highest BCUT2D eigenvalue weighted by Crippen LogP contribution is 2.32. The van der Waals surface area contributed by atoms with E-state index in [1.807, 2.05) is 36.4 Å². The number of nitrogens with one attached hydrogen (secondary N) is 1. The van der Waals surface area contributed by atoms with Crippen LogP contribution in [0.2, 0.25) is 0 Å². The molecular formula is C23H26N2O5. The van der Waals surface area contributed by atoms with Crippen LogP contribution >= 0.6 is 0 Å². The third kappa shape index (κ3) is 4.40. The predicted octanol–water partition coefficient (Wildman–Crippen LogP) is 4.09. The molecule has 0 saturated carbocycles. The van der Waals surface area contributed by atoms with Gasteiger partial charge in [0.15, 0.2) is 11.5 Å². The number of ether oxygens (including phenoxy) is 4. The number of carbonyl (C=O) groups is 1. The van der Waals surface area contributed by atoms with Crippen molar-refractivity contribution in [1.29, 1.82) is 0 Å². The Labute approximate surface area is 175 Å². The molecule has 7 nitrogen and oxygen atoms in total. The normalized spacial score (nSPS) is 10.5. The second-order valence-corrected chi connectivity index (χ2v) is 6.49. The van der Waals surface area contributed by atoms with Crippen molar-refractivity contribution in [1.82, 2.24) is 4.98 Å². The molecule has 1 heterocycles. The van der Waals surface area contributed by atoms with Crippen LogP contribution in [0.15, 0.2) is 42.6 Å². The van der Waals surface area contributed by atoms with E-state index in [9.17, 15) is 4.79 Å². The third-order valence-corrected chi connectivity index (χ3v) is 4.74. The fraction of sp³-hybridized carbons (Fsp3) is 0.304. The second-order valence-electron chi connectivity index (χ2n) is 6.49. The molecule has 0 aliphatic heterocycles. The fourth-order valence-corrected chi connectivity index (χ4v) is 3.28. The van der Waals surface area contributed by atoms with E-state index in [0.29, 0.717) is 47.2 Å². The molecule has 0 aliphatic rings. The quantitative estimate of drug-likeness (QED) is 0.532. The summed E-state index contributed by atoms with van der Waals surface area (Å²) in [7, 11) is 4.82. The summed E-state index contributed by atoms with van der Waals surface area (Å²) in [6.07, 6.45) is 2.25. The van der Waals surface area contributed by atoms with Crippen molar-refractivity contribution in [2.24, 2.45) is 0 Å². The topological polar surface area (TPSA) is 78.9 Å². The number of benzene rings is 2. The highest BCUT2D eigenvalue weighted by molar-refractivity contribution is 6.06. The Hall–Kier alpha value is -3.48. The zero-order valence-electron chi connectivity index (χ0n) is 17.7. The van der Waals surface area contributed by atoms with Gasteiger partial charge < -0.3 is 24.3 Å². The van der Waals surface area contributed by atoms with Crippen LogP contribution in [0.25, 0.3) is 10.9 Å². The Morgan fingerprint density at radius 1 is 1.00 bits per heavy atom. The standard InChI is InChI=1S/C23H26N2O5/c1-5-30-23(26)17-14-25-22-16(7-6-8-19(22)28-3)21(17)24-12-11-15-9-10-18(27-2)20(13-15)29-4/h6-10,13-14H,5,11-12H2,1-4H3,(H,24,25). The number of fused-ring (bicyclic) bond motifs is 1. The molecule has 0 bridgehead atoms. The molecule has 0 amide bonds. The Morgan fingerprint density at radius 2 is 1.77 bits per heavy atom. The molecule has 0 spiro atoms. The highest BCUT2D eigenvalue weighted by Gasteiger charge is 2.18. The van der Waals surface area contributed by atoms with Gasteiger partial charge in [0, 0.05) is 18.1 Å². The van der Waals surface area contributed by atoms with Crippen molar-refractivity contribution in [2.75, 3.05) is 39.8 Å². The number of esters is 1. The first kappa shape index (κ1) is 21.2. The van der Waals surface area contributed by atoms with Gasteiger partial charge in [-0.15, -0.1) is 0 Å².